The molecule has 2 N–H and O–H groups in total. The summed E-state index contributed by atoms with van der Waals surface area (Å²) in [4.78, 5) is 15.0. The van der Waals surface area contributed by atoms with Crippen LogP contribution < -0.4 is 0 Å². The lowest BCUT2D eigenvalue weighted by Crippen LogP contribution is -2.01. The molecule has 0 aliphatic rings. The number of aromatic nitrogens is 1. The second kappa shape index (κ2) is 6.34. The standard InChI is InChI=1S/C23H21NO2/c1-14(2)16-10-11-21-19(12-16)20(13-22(25)26)23(24-21)18-9-5-7-15-6-3-4-8-17(15)18/h3-12,14,24H,13H2,1-2H3,(H,25,26). The van der Waals surface area contributed by atoms with Crippen LogP contribution in [0, 0.1) is 0 Å². The molecule has 3 aromatic carbocycles. The highest BCUT2D eigenvalue weighted by atomic mass is 16.4. The van der Waals surface area contributed by atoms with E-state index >= 15 is 0 Å². The first-order chi connectivity index (χ1) is 12.5. The monoisotopic (exact) mass is 343 g/mol. The van der Waals surface area contributed by atoms with Crippen molar-refractivity contribution >= 4 is 27.6 Å². The zero-order valence-corrected chi connectivity index (χ0v) is 14.9. The third-order valence-corrected chi connectivity index (χ3v) is 4.98. The Morgan fingerprint density at radius 2 is 1.77 bits per heavy atom. The van der Waals surface area contributed by atoms with Crippen LogP contribution in [0.3, 0.4) is 0 Å². The van der Waals surface area contributed by atoms with Gasteiger partial charge in [-0.15, -0.1) is 0 Å². The molecule has 0 aliphatic heterocycles. The van der Waals surface area contributed by atoms with Crippen molar-refractivity contribution in [3.05, 3.63) is 71.8 Å². The van der Waals surface area contributed by atoms with Crippen molar-refractivity contribution in [2.75, 3.05) is 0 Å². The summed E-state index contributed by atoms with van der Waals surface area (Å²) in [5.74, 6) is -0.421. The fourth-order valence-corrected chi connectivity index (χ4v) is 3.63. The maximum absolute atomic E-state index is 11.6. The molecule has 0 saturated carbocycles. The van der Waals surface area contributed by atoms with Crippen molar-refractivity contribution in [1.82, 2.24) is 4.98 Å². The number of carboxylic acids is 1. The first kappa shape index (κ1) is 16.4. The molecular formula is C23H21NO2. The second-order valence-corrected chi connectivity index (χ2v) is 7.04. The van der Waals surface area contributed by atoms with E-state index in [0.29, 0.717) is 5.92 Å². The van der Waals surface area contributed by atoms with Gasteiger partial charge in [0.1, 0.15) is 0 Å². The normalized spacial score (nSPS) is 11.5. The van der Waals surface area contributed by atoms with Crippen molar-refractivity contribution in [1.29, 1.82) is 0 Å². The van der Waals surface area contributed by atoms with Crippen LogP contribution in [0.1, 0.15) is 30.9 Å². The van der Waals surface area contributed by atoms with Crippen molar-refractivity contribution in [3.8, 4) is 11.3 Å². The average molecular weight is 343 g/mol. The molecule has 0 amide bonds. The summed E-state index contributed by atoms with van der Waals surface area (Å²) in [6.45, 7) is 4.30. The Morgan fingerprint density at radius 1 is 1.00 bits per heavy atom. The molecule has 3 heteroatoms. The number of aliphatic carboxylic acids is 1. The van der Waals surface area contributed by atoms with Gasteiger partial charge in [0, 0.05) is 16.5 Å². The molecule has 1 heterocycles. The molecule has 0 spiro atoms. The Balaban J connectivity index is 2.03. The number of fused-ring (bicyclic) bond motifs is 2. The van der Waals surface area contributed by atoms with Gasteiger partial charge in [0.15, 0.2) is 0 Å². The van der Waals surface area contributed by atoms with Crippen LogP contribution in [0.25, 0.3) is 32.9 Å². The number of rotatable bonds is 4. The molecule has 26 heavy (non-hydrogen) atoms. The first-order valence-corrected chi connectivity index (χ1v) is 8.89. The lowest BCUT2D eigenvalue weighted by atomic mass is 9.96. The average Bonchev–Trinajstić information content (AvgIpc) is 2.98. The zero-order valence-electron chi connectivity index (χ0n) is 14.9. The lowest BCUT2D eigenvalue weighted by molar-refractivity contribution is -0.136. The zero-order chi connectivity index (χ0) is 18.3. The van der Waals surface area contributed by atoms with E-state index in [2.05, 4.69) is 61.3 Å². The Bertz CT molecular complexity index is 1120. The van der Waals surface area contributed by atoms with Crippen LogP contribution in [0.4, 0.5) is 0 Å². The fraction of sp³-hybridized carbons (Fsp3) is 0.174. The highest BCUT2D eigenvalue weighted by Gasteiger charge is 2.18. The molecule has 3 nitrogen and oxygen atoms in total. The van der Waals surface area contributed by atoms with Crippen LogP contribution in [-0.2, 0) is 11.2 Å². The highest BCUT2D eigenvalue weighted by Crippen LogP contribution is 2.36. The number of hydrogen-bond acceptors (Lipinski definition) is 1. The molecule has 4 aromatic rings. The predicted molar refractivity (Wildman–Crippen MR) is 107 cm³/mol. The summed E-state index contributed by atoms with van der Waals surface area (Å²) < 4.78 is 0. The van der Waals surface area contributed by atoms with Crippen LogP contribution in [0.2, 0.25) is 0 Å². The van der Waals surface area contributed by atoms with E-state index < -0.39 is 5.97 Å². The summed E-state index contributed by atoms with van der Waals surface area (Å²) in [6.07, 6.45) is 0.000102. The molecule has 0 aliphatic carbocycles. The van der Waals surface area contributed by atoms with E-state index in [9.17, 15) is 9.90 Å². The largest absolute Gasteiger partial charge is 0.481 e. The molecule has 0 fully saturated rings. The molecule has 0 atom stereocenters. The van der Waals surface area contributed by atoms with Crippen LogP contribution in [0.15, 0.2) is 60.7 Å². The summed E-state index contributed by atoms with van der Waals surface area (Å²) in [6, 6.07) is 20.7. The van der Waals surface area contributed by atoms with Gasteiger partial charge in [-0.25, -0.2) is 0 Å². The van der Waals surface area contributed by atoms with E-state index in [4.69, 9.17) is 0 Å². The first-order valence-electron chi connectivity index (χ1n) is 8.89. The van der Waals surface area contributed by atoms with Crippen LogP contribution in [0.5, 0.6) is 0 Å². The van der Waals surface area contributed by atoms with Gasteiger partial charge in [-0.1, -0.05) is 62.4 Å². The van der Waals surface area contributed by atoms with Gasteiger partial charge >= 0.3 is 5.97 Å². The smallest absolute Gasteiger partial charge is 0.307 e. The summed E-state index contributed by atoms with van der Waals surface area (Å²) in [5.41, 5.74) is 4.99. The predicted octanol–water partition coefficient (Wildman–Crippen LogP) is 5.74. The molecule has 0 bridgehead atoms. The van der Waals surface area contributed by atoms with Crippen LogP contribution >= 0.6 is 0 Å². The van der Waals surface area contributed by atoms with Gasteiger partial charge in [0.2, 0.25) is 0 Å². The van der Waals surface area contributed by atoms with E-state index in [1.165, 1.54) is 5.56 Å². The molecule has 0 radical (unpaired) electrons. The topological polar surface area (TPSA) is 53.1 Å². The number of benzene rings is 3. The van der Waals surface area contributed by atoms with E-state index in [0.717, 1.165) is 38.5 Å². The minimum atomic E-state index is -0.817. The van der Waals surface area contributed by atoms with Gasteiger partial charge < -0.3 is 10.1 Å². The summed E-state index contributed by atoms with van der Waals surface area (Å²) in [7, 11) is 0. The van der Waals surface area contributed by atoms with Gasteiger partial charge in [-0.05, 0) is 39.9 Å². The number of aromatic amines is 1. The second-order valence-electron chi connectivity index (χ2n) is 7.04. The van der Waals surface area contributed by atoms with Gasteiger partial charge in [-0.2, -0.15) is 0 Å². The van der Waals surface area contributed by atoms with Crippen LogP contribution in [-0.4, -0.2) is 16.1 Å². The number of hydrogen-bond donors (Lipinski definition) is 2. The number of H-pyrrole nitrogens is 1. The maximum Gasteiger partial charge on any atom is 0.307 e. The summed E-state index contributed by atoms with van der Waals surface area (Å²) >= 11 is 0. The van der Waals surface area contributed by atoms with Crippen molar-refractivity contribution < 1.29 is 9.90 Å². The number of carbonyl (C=O) groups is 1. The Kier molecular flexibility index (Phi) is 4.00. The van der Waals surface area contributed by atoms with Gasteiger partial charge in [0.05, 0.1) is 12.1 Å². The fourth-order valence-electron chi connectivity index (χ4n) is 3.63. The summed E-state index contributed by atoms with van der Waals surface area (Å²) in [5, 5.41) is 12.8. The van der Waals surface area contributed by atoms with E-state index in [1.54, 1.807) is 0 Å². The molecule has 1 aromatic heterocycles. The minimum absolute atomic E-state index is 0.000102. The SMILES string of the molecule is CC(C)c1ccc2[nH]c(-c3cccc4ccccc34)c(CC(=O)O)c2c1. The van der Waals surface area contributed by atoms with Crippen molar-refractivity contribution in [3.63, 3.8) is 0 Å². The Labute approximate surface area is 152 Å². The van der Waals surface area contributed by atoms with Gasteiger partial charge in [-0.3, -0.25) is 4.79 Å². The third-order valence-electron chi connectivity index (χ3n) is 4.98. The van der Waals surface area contributed by atoms with E-state index in [1.807, 2.05) is 18.2 Å². The van der Waals surface area contributed by atoms with Crippen molar-refractivity contribution in [2.24, 2.45) is 0 Å². The van der Waals surface area contributed by atoms with Crippen molar-refractivity contribution in [2.45, 2.75) is 26.2 Å². The third kappa shape index (κ3) is 2.76. The maximum atomic E-state index is 11.6. The highest BCUT2D eigenvalue weighted by molar-refractivity contribution is 6.02. The molecular weight excluding hydrogens is 322 g/mol. The Hall–Kier alpha value is -3.07. The molecule has 130 valence electrons. The lowest BCUT2D eigenvalue weighted by Gasteiger charge is -2.08. The quantitative estimate of drug-likeness (QED) is 0.496. The molecule has 0 saturated heterocycles. The molecule has 4 rings (SSSR count). The Morgan fingerprint density at radius 3 is 2.54 bits per heavy atom. The number of carboxylic acid groups (broad SMARTS) is 1. The molecule has 0 unspecified atom stereocenters. The van der Waals surface area contributed by atoms with Gasteiger partial charge in [0.25, 0.3) is 0 Å². The number of nitrogens with one attached hydrogen (secondary N) is 1. The minimum Gasteiger partial charge on any atom is -0.481 e. The van der Waals surface area contributed by atoms with E-state index in [-0.39, 0.29) is 6.42 Å².